The first-order chi connectivity index (χ1) is 10.4. The molecule has 22 heavy (non-hydrogen) atoms. The van der Waals surface area contributed by atoms with Gasteiger partial charge in [-0.15, -0.1) is 0 Å². The molecule has 0 spiro atoms. The molecule has 0 saturated carbocycles. The molecular weight excluding hydrogens is 296 g/mol. The van der Waals surface area contributed by atoms with Gasteiger partial charge in [-0.25, -0.2) is 13.1 Å². The Morgan fingerprint density at radius 2 is 1.91 bits per heavy atom. The highest BCUT2D eigenvalue weighted by atomic mass is 32.2. The molecule has 2 rings (SSSR count). The van der Waals surface area contributed by atoms with Gasteiger partial charge in [0.1, 0.15) is 0 Å². The highest BCUT2D eigenvalue weighted by Gasteiger charge is 2.25. The summed E-state index contributed by atoms with van der Waals surface area (Å²) in [6.07, 6.45) is 3.16. The number of rotatable bonds is 6. The fourth-order valence-electron chi connectivity index (χ4n) is 2.99. The molecule has 1 saturated heterocycles. The summed E-state index contributed by atoms with van der Waals surface area (Å²) in [4.78, 5) is 0.357. The van der Waals surface area contributed by atoms with Crippen LogP contribution in [0, 0.1) is 11.8 Å². The van der Waals surface area contributed by atoms with Gasteiger partial charge in [0.25, 0.3) is 0 Å². The van der Waals surface area contributed by atoms with Gasteiger partial charge in [0.2, 0.25) is 10.0 Å². The van der Waals surface area contributed by atoms with Crippen LogP contribution in [0.25, 0.3) is 0 Å². The minimum atomic E-state index is -3.43. The summed E-state index contributed by atoms with van der Waals surface area (Å²) < 4.78 is 27.8. The van der Waals surface area contributed by atoms with Crippen LogP contribution in [-0.2, 0) is 16.4 Å². The first-order valence-electron chi connectivity index (χ1n) is 8.20. The Bertz CT molecular complexity index is 561. The van der Waals surface area contributed by atoms with Gasteiger partial charge in [-0.3, -0.25) is 0 Å². The summed E-state index contributed by atoms with van der Waals surface area (Å²) in [6, 6.07) is 7.22. The van der Waals surface area contributed by atoms with Crippen molar-refractivity contribution in [3.05, 3.63) is 29.8 Å². The zero-order valence-corrected chi connectivity index (χ0v) is 14.6. The zero-order valence-electron chi connectivity index (χ0n) is 13.8. The first-order valence-corrected chi connectivity index (χ1v) is 9.69. The number of hydrogen-bond donors (Lipinski definition) is 2. The molecule has 2 atom stereocenters. The molecule has 2 unspecified atom stereocenters. The van der Waals surface area contributed by atoms with E-state index in [1.54, 1.807) is 12.1 Å². The second kappa shape index (κ2) is 7.57. The van der Waals surface area contributed by atoms with Gasteiger partial charge in [-0.05, 0) is 68.8 Å². The topological polar surface area (TPSA) is 58.2 Å². The van der Waals surface area contributed by atoms with Gasteiger partial charge in [0, 0.05) is 6.04 Å². The molecule has 1 aliphatic rings. The minimum absolute atomic E-state index is 0.0480. The van der Waals surface area contributed by atoms with Crippen molar-refractivity contribution in [2.24, 2.45) is 11.8 Å². The molecule has 1 heterocycles. The fraction of sp³-hybridized carbons (Fsp3) is 0.647. The molecule has 1 fully saturated rings. The Kier molecular flexibility index (Phi) is 6.01. The normalized spacial score (nSPS) is 21.0. The van der Waals surface area contributed by atoms with Crippen LogP contribution in [0.4, 0.5) is 0 Å². The van der Waals surface area contributed by atoms with Gasteiger partial charge in [0.15, 0.2) is 0 Å². The molecule has 5 heteroatoms. The lowest BCUT2D eigenvalue weighted by molar-refractivity contribution is 0.320. The van der Waals surface area contributed by atoms with E-state index >= 15 is 0 Å². The Labute approximate surface area is 134 Å². The van der Waals surface area contributed by atoms with Gasteiger partial charge in [-0.2, -0.15) is 0 Å². The van der Waals surface area contributed by atoms with E-state index in [9.17, 15) is 8.42 Å². The average molecular weight is 324 g/mol. The van der Waals surface area contributed by atoms with Crippen LogP contribution in [0.15, 0.2) is 29.2 Å². The van der Waals surface area contributed by atoms with E-state index in [0.29, 0.717) is 16.7 Å². The van der Waals surface area contributed by atoms with E-state index in [-0.39, 0.29) is 6.04 Å². The Morgan fingerprint density at radius 3 is 2.45 bits per heavy atom. The van der Waals surface area contributed by atoms with Crippen LogP contribution in [0.2, 0.25) is 0 Å². The molecule has 0 amide bonds. The lowest BCUT2D eigenvalue weighted by Gasteiger charge is -2.28. The van der Waals surface area contributed by atoms with Crippen molar-refractivity contribution in [1.82, 2.24) is 10.0 Å². The molecule has 1 aliphatic heterocycles. The van der Waals surface area contributed by atoms with E-state index in [4.69, 9.17) is 0 Å². The maximum Gasteiger partial charge on any atom is 0.240 e. The third kappa shape index (κ3) is 4.80. The van der Waals surface area contributed by atoms with Gasteiger partial charge in [0.05, 0.1) is 4.90 Å². The summed E-state index contributed by atoms with van der Waals surface area (Å²) in [5.41, 5.74) is 1.18. The standard InChI is InChI=1S/C17H28N2O2S/c1-13(2)11-15-6-8-17(9-7-15)22(20,21)19-14(3)16-5-4-10-18-12-16/h6-9,13-14,16,18-19H,4-5,10-12H2,1-3H3. The highest BCUT2D eigenvalue weighted by Crippen LogP contribution is 2.18. The molecule has 0 radical (unpaired) electrons. The summed E-state index contributed by atoms with van der Waals surface area (Å²) in [5.74, 6) is 0.933. The Morgan fingerprint density at radius 1 is 1.23 bits per heavy atom. The van der Waals surface area contributed by atoms with E-state index in [2.05, 4.69) is 23.9 Å². The number of benzene rings is 1. The second-order valence-corrected chi connectivity index (χ2v) is 8.47. The lowest BCUT2D eigenvalue weighted by atomic mass is 9.94. The SMILES string of the molecule is CC(C)Cc1ccc(S(=O)(=O)NC(C)C2CCCNC2)cc1. The van der Waals surface area contributed by atoms with Crippen molar-refractivity contribution in [1.29, 1.82) is 0 Å². The van der Waals surface area contributed by atoms with E-state index < -0.39 is 10.0 Å². The summed E-state index contributed by atoms with van der Waals surface area (Å²) in [6.45, 7) is 8.20. The monoisotopic (exact) mass is 324 g/mol. The van der Waals surface area contributed by atoms with E-state index in [1.807, 2.05) is 19.1 Å². The van der Waals surface area contributed by atoms with Crippen molar-refractivity contribution in [3.63, 3.8) is 0 Å². The second-order valence-electron chi connectivity index (χ2n) is 6.76. The third-order valence-corrected chi connectivity index (χ3v) is 5.84. The van der Waals surface area contributed by atoms with Crippen molar-refractivity contribution in [2.45, 2.75) is 51.0 Å². The molecular formula is C17H28N2O2S. The molecule has 2 N–H and O–H groups in total. The van der Waals surface area contributed by atoms with E-state index in [0.717, 1.165) is 32.4 Å². The Hall–Kier alpha value is -0.910. The molecule has 0 aromatic heterocycles. The third-order valence-electron chi connectivity index (χ3n) is 4.26. The number of piperidine rings is 1. The van der Waals surface area contributed by atoms with Crippen LogP contribution in [0.3, 0.4) is 0 Å². The van der Waals surface area contributed by atoms with Crippen LogP contribution < -0.4 is 10.0 Å². The van der Waals surface area contributed by atoms with Crippen LogP contribution in [0.1, 0.15) is 39.2 Å². The number of hydrogen-bond acceptors (Lipinski definition) is 3. The van der Waals surface area contributed by atoms with Gasteiger partial charge in [-0.1, -0.05) is 26.0 Å². The quantitative estimate of drug-likeness (QED) is 0.845. The fourth-order valence-corrected chi connectivity index (χ4v) is 4.30. The van der Waals surface area contributed by atoms with Crippen molar-refractivity contribution in [2.75, 3.05) is 13.1 Å². The Balaban J connectivity index is 2.02. The summed E-state index contributed by atoms with van der Waals surface area (Å²) in [5, 5.41) is 3.33. The van der Waals surface area contributed by atoms with Gasteiger partial charge < -0.3 is 5.32 Å². The summed E-state index contributed by atoms with van der Waals surface area (Å²) >= 11 is 0. The van der Waals surface area contributed by atoms with Crippen molar-refractivity contribution in [3.8, 4) is 0 Å². The maximum absolute atomic E-state index is 12.5. The van der Waals surface area contributed by atoms with Gasteiger partial charge >= 0.3 is 0 Å². The van der Waals surface area contributed by atoms with Crippen LogP contribution >= 0.6 is 0 Å². The van der Waals surface area contributed by atoms with Crippen molar-refractivity contribution >= 4 is 10.0 Å². The molecule has 124 valence electrons. The predicted octanol–water partition coefficient (Wildman–Crippen LogP) is 2.55. The zero-order chi connectivity index (χ0) is 16.2. The smallest absolute Gasteiger partial charge is 0.240 e. The minimum Gasteiger partial charge on any atom is -0.316 e. The molecule has 1 aromatic rings. The molecule has 0 bridgehead atoms. The number of sulfonamides is 1. The average Bonchev–Trinajstić information content (AvgIpc) is 2.47. The van der Waals surface area contributed by atoms with E-state index in [1.165, 1.54) is 5.56 Å². The van der Waals surface area contributed by atoms with Crippen LogP contribution in [-0.4, -0.2) is 27.5 Å². The highest BCUT2D eigenvalue weighted by molar-refractivity contribution is 7.89. The molecule has 1 aromatic carbocycles. The molecule has 4 nitrogen and oxygen atoms in total. The first kappa shape index (κ1) is 17.4. The molecule has 0 aliphatic carbocycles. The lowest BCUT2D eigenvalue weighted by Crippen LogP contribution is -2.44. The van der Waals surface area contributed by atoms with Crippen LogP contribution in [0.5, 0.6) is 0 Å². The largest absolute Gasteiger partial charge is 0.316 e. The van der Waals surface area contributed by atoms with Crippen molar-refractivity contribution < 1.29 is 8.42 Å². The summed E-state index contributed by atoms with van der Waals surface area (Å²) in [7, 11) is -3.43. The maximum atomic E-state index is 12.5. The predicted molar refractivity (Wildman–Crippen MR) is 90.4 cm³/mol. The number of nitrogens with one attached hydrogen (secondary N) is 2.